The van der Waals surface area contributed by atoms with Crippen molar-refractivity contribution in [2.75, 3.05) is 14.2 Å². The highest BCUT2D eigenvalue weighted by Gasteiger charge is 2.35. The second kappa shape index (κ2) is 9.05. The number of aromatic hydroxyl groups is 1. The van der Waals surface area contributed by atoms with Gasteiger partial charge in [0.1, 0.15) is 17.5 Å². The van der Waals surface area contributed by atoms with Crippen LogP contribution < -0.4 is 19.6 Å². The minimum Gasteiger partial charge on any atom is -0.507 e. The van der Waals surface area contributed by atoms with Crippen LogP contribution >= 0.6 is 34.5 Å². The van der Waals surface area contributed by atoms with Crippen LogP contribution in [0.15, 0.2) is 57.5 Å². The number of hydrogen-bond acceptors (Lipinski definition) is 7. The van der Waals surface area contributed by atoms with Gasteiger partial charge in [-0.1, -0.05) is 34.5 Å². The minimum absolute atomic E-state index is 0.0234. The molecule has 0 fully saturated rings. The van der Waals surface area contributed by atoms with Crippen molar-refractivity contribution in [2.24, 2.45) is 4.99 Å². The summed E-state index contributed by atoms with van der Waals surface area (Å²) in [6.07, 6.45) is 1.54. The fraction of sp³-hybridized carbons (Fsp3) is 0.174. The lowest BCUT2D eigenvalue weighted by Crippen LogP contribution is -2.40. The Balaban J connectivity index is 2.05. The number of ether oxygens (including phenoxy) is 2. The van der Waals surface area contributed by atoms with Crippen LogP contribution in [0.25, 0.3) is 6.08 Å². The molecule has 2 heterocycles. The molecule has 1 N–H and O–H groups in total. The molecule has 0 radical (unpaired) electrons. The van der Waals surface area contributed by atoms with Gasteiger partial charge in [0.05, 0.1) is 30.0 Å². The molecular formula is C23H18Cl2N2O5S. The fourth-order valence-electron chi connectivity index (χ4n) is 3.69. The Kier molecular flexibility index (Phi) is 6.34. The van der Waals surface area contributed by atoms with Gasteiger partial charge in [-0.05, 0) is 49.4 Å². The van der Waals surface area contributed by atoms with E-state index in [-0.39, 0.29) is 11.3 Å². The Labute approximate surface area is 202 Å². The third-order valence-electron chi connectivity index (χ3n) is 5.19. The normalized spacial score (nSPS) is 15.8. The highest BCUT2D eigenvalue weighted by atomic mass is 35.5. The zero-order valence-electron chi connectivity index (χ0n) is 17.8. The lowest BCUT2D eigenvalue weighted by molar-refractivity contribution is -0.136. The van der Waals surface area contributed by atoms with E-state index in [0.29, 0.717) is 42.0 Å². The molecule has 3 aromatic rings. The summed E-state index contributed by atoms with van der Waals surface area (Å²) in [5, 5.41) is 11.0. The molecule has 1 aromatic heterocycles. The van der Waals surface area contributed by atoms with Gasteiger partial charge in [0, 0.05) is 21.2 Å². The Morgan fingerprint density at radius 3 is 2.58 bits per heavy atom. The summed E-state index contributed by atoms with van der Waals surface area (Å²) in [5.74, 6) is -0.197. The summed E-state index contributed by atoms with van der Waals surface area (Å²) in [4.78, 5) is 31.2. The van der Waals surface area contributed by atoms with Gasteiger partial charge in [-0.2, -0.15) is 0 Å². The van der Waals surface area contributed by atoms with Gasteiger partial charge < -0.3 is 14.6 Å². The van der Waals surface area contributed by atoms with Crippen LogP contribution in [-0.4, -0.2) is 29.9 Å². The number of phenolic OH excluding ortho intramolecular Hbond substituents is 1. The Hall–Kier alpha value is -3.07. The first-order valence-electron chi connectivity index (χ1n) is 9.68. The number of hydrogen-bond donors (Lipinski definition) is 1. The monoisotopic (exact) mass is 504 g/mol. The molecule has 2 aromatic carbocycles. The van der Waals surface area contributed by atoms with Crippen molar-refractivity contribution in [3.63, 3.8) is 0 Å². The molecule has 33 heavy (non-hydrogen) atoms. The number of carbonyl (C=O) groups excluding carboxylic acids is 1. The molecule has 0 bridgehead atoms. The number of aromatic nitrogens is 1. The third kappa shape index (κ3) is 4.17. The topological polar surface area (TPSA) is 90.1 Å². The van der Waals surface area contributed by atoms with Crippen LogP contribution in [-0.2, 0) is 9.53 Å². The molecule has 0 unspecified atom stereocenters. The Morgan fingerprint density at radius 1 is 1.18 bits per heavy atom. The zero-order valence-corrected chi connectivity index (χ0v) is 20.1. The molecule has 1 aliphatic heterocycles. The first-order valence-corrected chi connectivity index (χ1v) is 11.2. The third-order valence-corrected chi connectivity index (χ3v) is 6.64. The summed E-state index contributed by atoms with van der Waals surface area (Å²) in [6, 6.07) is 8.64. The number of rotatable bonds is 4. The standard InChI is InChI=1S/C23H18Cl2N2O5S/c1-11-19(22(30)32-3)20(15-10-14(25)5-7-17(15)31-2)27-21(29)18(33-23(27)26-11)9-12-8-13(24)4-6-16(12)28/h4-10,20,28H,1-3H3/b18-9-/t20-/m0/s1. The van der Waals surface area contributed by atoms with Gasteiger partial charge in [0.25, 0.3) is 5.56 Å². The summed E-state index contributed by atoms with van der Waals surface area (Å²) >= 11 is 13.4. The van der Waals surface area contributed by atoms with Crippen LogP contribution in [0, 0.1) is 0 Å². The number of phenols is 1. The van der Waals surface area contributed by atoms with E-state index in [1.807, 2.05) is 0 Å². The fourth-order valence-corrected chi connectivity index (χ4v) is 5.09. The quantitative estimate of drug-likeness (QED) is 0.549. The van der Waals surface area contributed by atoms with Crippen LogP contribution in [0.4, 0.5) is 0 Å². The number of allylic oxidation sites excluding steroid dienone is 1. The molecule has 7 nitrogen and oxygen atoms in total. The predicted molar refractivity (Wildman–Crippen MR) is 127 cm³/mol. The molecule has 0 amide bonds. The minimum atomic E-state index is -0.877. The molecule has 0 saturated heterocycles. The van der Waals surface area contributed by atoms with Gasteiger partial charge in [0.15, 0.2) is 4.80 Å². The van der Waals surface area contributed by atoms with Crippen LogP contribution in [0.3, 0.4) is 0 Å². The van der Waals surface area contributed by atoms with E-state index in [9.17, 15) is 14.7 Å². The van der Waals surface area contributed by atoms with Gasteiger partial charge in [-0.25, -0.2) is 9.79 Å². The summed E-state index contributed by atoms with van der Waals surface area (Å²) in [5.41, 5.74) is 1.10. The molecule has 0 saturated carbocycles. The van der Waals surface area contributed by atoms with E-state index in [1.165, 1.54) is 30.9 Å². The van der Waals surface area contributed by atoms with E-state index in [4.69, 9.17) is 32.7 Å². The molecule has 1 aliphatic rings. The maximum absolute atomic E-state index is 13.6. The maximum Gasteiger partial charge on any atom is 0.338 e. The van der Waals surface area contributed by atoms with Crippen molar-refractivity contribution in [2.45, 2.75) is 13.0 Å². The smallest absolute Gasteiger partial charge is 0.338 e. The van der Waals surface area contributed by atoms with E-state index in [0.717, 1.165) is 11.3 Å². The largest absolute Gasteiger partial charge is 0.507 e. The Morgan fingerprint density at radius 2 is 1.88 bits per heavy atom. The first kappa shape index (κ1) is 23.1. The first-order chi connectivity index (χ1) is 15.7. The van der Waals surface area contributed by atoms with Gasteiger partial charge in [0.2, 0.25) is 0 Å². The molecule has 1 atom stereocenters. The number of thiazole rings is 1. The second-order valence-electron chi connectivity index (χ2n) is 7.16. The highest BCUT2D eigenvalue weighted by Crippen LogP contribution is 2.37. The van der Waals surface area contributed by atoms with E-state index >= 15 is 0 Å². The molecule has 0 spiro atoms. The average molecular weight is 505 g/mol. The van der Waals surface area contributed by atoms with Crippen molar-refractivity contribution >= 4 is 46.6 Å². The Bertz CT molecular complexity index is 1490. The molecule has 10 heteroatoms. The SMILES string of the molecule is COC(=O)C1=C(C)N=c2s/c(=C\c3cc(Cl)ccc3O)c(=O)n2[C@H]1c1cc(Cl)ccc1OC. The van der Waals surface area contributed by atoms with Crippen LogP contribution in [0.2, 0.25) is 10.0 Å². The van der Waals surface area contributed by atoms with Crippen molar-refractivity contribution in [1.29, 1.82) is 0 Å². The number of carbonyl (C=O) groups is 1. The predicted octanol–water partition coefficient (Wildman–Crippen LogP) is 3.43. The number of esters is 1. The summed E-state index contributed by atoms with van der Waals surface area (Å²) in [7, 11) is 2.76. The van der Waals surface area contributed by atoms with Gasteiger partial charge in [-0.3, -0.25) is 9.36 Å². The van der Waals surface area contributed by atoms with Crippen molar-refractivity contribution < 1.29 is 19.4 Å². The zero-order chi connectivity index (χ0) is 23.9. The number of benzene rings is 2. The van der Waals surface area contributed by atoms with Gasteiger partial charge in [-0.15, -0.1) is 0 Å². The number of nitrogens with zero attached hydrogens (tertiary/aromatic N) is 2. The highest BCUT2D eigenvalue weighted by molar-refractivity contribution is 7.07. The number of halogens is 2. The van der Waals surface area contributed by atoms with Crippen molar-refractivity contribution in [3.05, 3.63) is 88.5 Å². The summed E-state index contributed by atoms with van der Waals surface area (Å²) < 4.78 is 12.2. The lowest BCUT2D eigenvalue weighted by Gasteiger charge is -2.25. The molecular weight excluding hydrogens is 487 g/mol. The average Bonchev–Trinajstić information content (AvgIpc) is 3.09. The van der Waals surface area contributed by atoms with Crippen molar-refractivity contribution in [3.8, 4) is 11.5 Å². The van der Waals surface area contributed by atoms with Crippen molar-refractivity contribution in [1.82, 2.24) is 4.57 Å². The van der Waals surface area contributed by atoms with E-state index in [1.54, 1.807) is 37.3 Å². The van der Waals surface area contributed by atoms with E-state index < -0.39 is 17.6 Å². The van der Waals surface area contributed by atoms with Crippen LogP contribution in [0.1, 0.15) is 24.1 Å². The molecule has 4 rings (SSSR count). The number of fused-ring (bicyclic) bond motifs is 1. The maximum atomic E-state index is 13.6. The summed E-state index contributed by atoms with van der Waals surface area (Å²) in [6.45, 7) is 1.68. The number of methoxy groups -OCH3 is 2. The second-order valence-corrected chi connectivity index (χ2v) is 9.04. The lowest BCUT2D eigenvalue weighted by atomic mass is 9.95. The van der Waals surface area contributed by atoms with Gasteiger partial charge >= 0.3 is 5.97 Å². The van der Waals surface area contributed by atoms with E-state index in [2.05, 4.69) is 4.99 Å². The molecule has 170 valence electrons. The van der Waals surface area contributed by atoms with Crippen LogP contribution in [0.5, 0.6) is 11.5 Å². The molecule has 0 aliphatic carbocycles.